The van der Waals surface area contributed by atoms with Gasteiger partial charge in [0, 0.05) is 6.20 Å². The maximum Gasteiger partial charge on any atom is 0.283 e. The van der Waals surface area contributed by atoms with Crippen molar-refractivity contribution < 1.29 is 12.9 Å². The van der Waals surface area contributed by atoms with Crippen LogP contribution in [0.15, 0.2) is 64.4 Å². The summed E-state index contributed by atoms with van der Waals surface area (Å²) in [6, 6.07) is 12.9. The molecule has 0 spiro atoms. The predicted octanol–water partition coefficient (Wildman–Crippen LogP) is 2.56. The summed E-state index contributed by atoms with van der Waals surface area (Å²) < 4.78 is 34.8. The molecule has 4 aromatic rings. The Morgan fingerprint density at radius 2 is 1.85 bits per heavy atom. The monoisotopic (exact) mass is 383 g/mol. The summed E-state index contributed by atoms with van der Waals surface area (Å²) in [6.45, 7) is 3.29. The third-order valence-corrected chi connectivity index (χ3v) is 6.15. The van der Waals surface area contributed by atoms with E-state index in [2.05, 4.69) is 15.1 Å². The number of rotatable bonds is 5. The highest BCUT2D eigenvalue weighted by Gasteiger charge is 2.32. The van der Waals surface area contributed by atoms with Crippen LogP contribution in [0.2, 0.25) is 0 Å². The molecule has 0 saturated heterocycles. The lowest BCUT2D eigenvalue weighted by Crippen LogP contribution is -2.40. The second-order valence-electron chi connectivity index (χ2n) is 6.06. The molecule has 3 aromatic heterocycles. The van der Waals surface area contributed by atoms with Crippen LogP contribution in [0.4, 0.5) is 0 Å². The highest BCUT2D eigenvalue weighted by Crippen LogP contribution is 2.25. The fourth-order valence-electron chi connectivity index (χ4n) is 2.97. The molecular formula is C18H17N5O3S. The normalized spacial score (nSPS) is 11.8. The first kappa shape index (κ1) is 17.2. The number of aromatic nitrogens is 4. The molecule has 138 valence electrons. The number of imidazole rings is 1. The molecule has 3 heterocycles. The van der Waals surface area contributed by atoms with Gasteiger partial charge >= 0.3 is 0 Å². The quantitative estimate of drug-likeness (QED) is 0.526. The predicted molar refractivity (Wildman–Crippen MR) is 99.1 cm³/mol. The molecule has 0 unspecified atom stereocenters. The summed E-state index contributed by atoms with van der Waals surface area (Å²) >= 11 is 0. The fourth-order valence-corrected chi connectivity index (χ4v) is 4.66. The third kappa shape index (κ3) is 2.95. The molecule has 9 heteroatoms. The average molecular weight is 383 g/mol. The SMILES string of the molecule is Cc1noc(C)c1S(=O)(=O)N(Cc1ccccc1)n1cnc2cccnc21. The maximum absolute atomic E-state index is 13.5. The highest BCUT2D eigenvalue weighted by molar-refractivity contribution is 7.92. The van der Waals surface area contributed by atoms with Crippen molar-refractivity contribution in [2.75, 3.05) is 4.41 Å². The molecule has 0 aliphatic carbocycles. The van der Waals surface area contributed by atoms with Crippen molar-refractivity contribution in [2.45, 2.75) is 25.3 Å². The molecule has 8 nitrogen and oxygen atoms in total. The van der Waals surface area contributed by atoms with Gasteiger partial charge in [-0.15, -0.1) is 0 Å². The van der Waals surface area contributed by atoms with E-state index in [9.17, 15) is 8.42 Å². The molecule has 1 aromatic carbocycles. The zero-order valence-electron chi connectivity index (χ0n) is 14.8. The zero-order chi connectivity index (χ0) is 19.0. The number of hydrogen-bond acceptors (Lipinski definition) is 6. The van der Waals surface area contributed by atoms with E-state index in [0.29, 0.717) is 16.9 Å². The van der Waals surface area contributed by atoms with E-state index in [1.807, 2.05) is 30.3 Å². The second kappa shape index (κ2) is 6.51. The molecule has 0 atom stereocenters. The molecule has 0 radical (unpaired) electrons. The van der Waals surface area contributed by atoms with Gasteiger partial charge in [-0.3, -0.25) is 0 Å². The van der Waals surface area contributed by atoms with Gasteiger partial charge < -0.3 is 4.52 Å². The first-order valence-electron chi connectivity index (χ1n) is 8.26. The maximum atomic E-state index is 13.5. The molecule has 0 N–H and O–H groups in total. The van der Waals surface area contributed by atoms with Gasteiger partial charge in [0.05, 0.1) is 6.54 Å². The first-order valence-corrected chi connectivity index (χ1v) is 9.70. The Balaban J connectivity index is 1.91. The number of aryl methyl sites for hydroxylation is 2. The van der Waals surface area contributed by atoms with E-state index in [4.69, 9.17) is 4.52 Å². The molecule has 0 aliphatic rings. The standard InChI is InChI=1S/C18H17N5O3S/c1-13-17(14(2)26-21-13)27(24,25)23(11-15-7-4-3-5-8-15)22-12-20-16-9-6-10-19-18(16)22/h3-10,12H,11H2,1-2H3. The fraction of sp³-hybridized carbons (Fsp3) is 0.167. The van der Waals surface area contributed by atoms with Crippen LogP contribution in [0.3, 0.4) is 0 Å². The molecular weight excluding hydrogens is 366 g/mol. The molecule has 0 saturated carbocycles. The van der Waals surface area contributed by atoms with E-state index >= 15 is 0 Å². The van der Waals surface area contributed by atoms with Crippen molar-refractivity contribution in [3.8, 4) is 0 Å². The molecule has 0 bridgehead atoms. The minimum Gasteiger partial charge on any atom is -0.360 e. The van der Waals surface area contributed by atoms with Gasteiger partial charge in [0.1, 0.15) is 17.5 Å². The minimum absolute atomic E-state index is 0.0520. The number of fused-ring (bicyclic) bond motifs is 1. The van der Waals surface area contributed by atoms with Crippen LogP contribution >= 0.6 is 0 Å². The van der Waals surface area contributed by atoms with Crippen LogP contribution in [-0.2, 0) is 16.6 Å². The summed E-state index contributed by atoms with van der Waals surface area (Å²) in [4.78, 5) is 8.63. The van der Waals surface area contributed by atoms with Crippen molar-refractivity contribution in [3.05, 3.63) is 72.0 Å². The molecule has 0 fully saturated rings. The topological polar surface area (TPSA) is 94.1 Å². The molecule has 27 heavy (non-hydrogen) atoms. The highest BCUT2D eigenvalue weighted by atomic mass is 32.2. The molecule has 0 aliphatic heterocycles. The number of benzene rings is 1. The number of hydrogen-bond donors (Lipinski definition) is 0. The number of pyridine rings is 1. The van der Waals surface area contributed by atoms with Gasteiger partial charge in [-0.1, -0.05) is 35.5 Å². The van der Waals surface area contributed by atoms with Crippen molar-refractivity contribution in [2.24, 2.45) is 0 Å². The lowest BCUT2D eigenvalue weighted by molar-refractivity contribution is 0.390. The van der Waals surface area contributed by atoms with E-state index in [1.165, 1.54) is 15.4 Å². The number of sulfonamides is 1. The smallest absolute Gasteiger partial charge is 0.283 e. The summed E-state index contributed by atoms with van der Waals surface area (Å²) in [7, 11) is -3.97. The van der Waals surface area contributed by atoms with Gasteiger partial charge in [0.15, 0.2) is 16.3 Å². The van der Waals surface area contributed by atoms with Crippen molar-refractivity contribution >= 4 is 21.2 Å². The van der Waals surface area contributed by atoms with Crippen LogP contribution < -0.4 is 4.41 Å². The Kier molecular flexibility index (Phi) is 4.15. The minimum atomic E-state index is -3.97. The van der Waals surface area contributed by atoms with Gasteiger partial charge in [-0.05, 0) is 31.5 Å². The van der Waals surface area contributed by atoms with E-state index in [-0.39, 0.29) is 17.2 Å². The summed E-state index contributed by atoms with van der Waals surface area (Å²) in [6.07, 6.45) is 3.06. The largest absolute Gasteiger partial charge is 0.360 e. The van der Waals surface area contributed by atoms with Crippen LogP contribution in [0.5, 0.6) is 0 Å². The lowest BCUT2D eigenvalue weighted by atomic mass is 10.2. The summed E-state index contributed by atoms with van der Waals surface area (Å²) in [5.74, 6) is 0.239. The van der Waals surface area contributed by atoms with E-state index in [1.54, 1.807) is 32.2 Å². The van der Waals surface area contributed by atoms with Crippen molar-refractivity contribution in [1.82, 2.24) is 19.8 Å². The van der Waals surface area contributed by atoms with E-state index in [0.717, 1.165) is 5.56 Å². The Morgan fingerprint density at radius 3 is 2.56 bits per heavy atom. The number of nitrogens with zero attached hydrogens (tertiary/aromatic N) is 5. The van der Waals surface area contributed by atoms with Crippen molar-refractivity contribution in [1.29, 1.82) is 0 Å². The Morgan fingerprint density at radius 1 is 1.07 bits per heavy atom. The van der Waals surface area contributed by atoms with Crippen LogP contribution in [0.25, 0.3) is 11.2 Å². The van der Waals surface area contributed by atoms with E-state index < -0.39 is 10.0 Å². The van der Waals surface area contributed by atoms with Crippen LogP contribution in [0, 0.1) is 13.8 Å². The van der Waals surface area contributed by atoms with Gasteiger partial charge in [-0.2, -0.15) is 12.8 Å². The second-order valence-corrected chi connectivity index (χ2v) is 7.84. The lowest BCUT2D eigenvalue weighted by Gasteiger charge is -2.25. The molecule has 4 rings (SSSR count). The van der Waals surface area contributed by atoms with Crippen molar-refractivity contribution in [3.63, 3.8) is 0 Å². The Labute approximate surface area is 156 Å². The van der Waals surface area contributed by atoms with Gasteiger partial charge in [0.2, 0.25) is 0 Å². The third-order valence-electron chi connectivity index (χ3n) is 4.19. The summed E-state index contributed by atoms with van der Waals surface area (Å²) in [5.41, 5.74) is 2.18. The molecule has 0 amide bonds. The summed E-state index contributed by atoms with van der Waals surface area (Å²) in [5, 5.41) is 3.79. The Hall–Kier alpha value is -3.20. The van der Waals surface area contributed by atoms with Crippen LogP contribution in [0.1, 0.15) is 17.0 Å². The first-order chi connectivity index (χ1) is 13.0. The van der Waals surface area contributed by atoms with Crippen LogP contribution in [-0.4, -0.2) is 28.2 Å². The zero-order valence-corrected chi connectivity index (χ0v) is 15.6. The average Bonchev–Trinajstić information content (AvgIpc) is 3.24. The van der Waals surface area contributed by atoms with Gasteiger partial charge in [0.25, 0.3) is 10.0 Å². The Bertz CT molecular complexity index is 1180. The van der Waals surface area contributed by atoms with Gasteiger partial charge in [-0.25, -0.2) is 14.6 Å².